The summed E-state index contributed by atoms with van der Waals surface area (Å²) in [4.78, 5) is 0. The highest BCUT2D eigenvalue weighted by Crippen LogP contribution is 2.29. The SMILES string of the molecule is CC(C)C1CCCC(NCC(O)CO)C1. The van der Waals surface area contributed by atoms with Gasteiger partial charge in [-0.25, -0.2) is 0 Å². The third-order valence-corrected chi connectivity index (χ3v) is 3.51. The molecule has 0 aromatic carbocycles. The average Bonchev–Trinajstić information content (AvgIpc) is 2.26. The largest absolute Gasteiger partial charge is 0.394 e. The van der Waals surface area contributed by atoms with E-state index in [1.807, 2.05) is 0 Å². The first-order valence-corrected chi connectivity index (χ1v) is 6.15. The summed E-state index contributed by atoms with van der Waals surface area (Å²) in [5.74, 6) is 1.58. The lowest BCUT2D eigenvalue weighted by molar-refractivity contribution is 0.0880. The first kappa shape index (κ1) is 12.9. The maximum Gasteiger partial charge on any atom is 0.0895 e. The van der Waals surface area contributed by atoms with Gasteiger partial charge in [-0.15, -0.1) is 0 Å². The molecule has 0 bridgehead atoms. The smallest absolute Gasteiger partial charge is 0.0895 e. The van der Waals surface area contributed by atoms with Crippen LogP contribution in [0.25, 0.3) is 0 Å². The van der Waals surface area contributed by atoms with Crippen molar-refractivity contribution in [3.63, 3.8) is 0 Å². The van der Waals surface area contributed by atoms with Crippen molar-refractivity contribution in [1.82, 2.24) is 5.32 Å². The second-order valence-electron chi connectivity index (χ2n) is 5.11. The minimum Gasteiger partial charge on any atom is -0.394 e. The molecule has 1 rings (SSSR count). The molecule has 0 amide bonds. The number of rotatable bonds is 5. The topological polar surface area (TPSA) is 52.5 Å². The van der Waals surface area contributed by atoms with E-state index in [0.29, 0.717) is 12.6 Å². The molecule has 0 saturated heterocycles. The van der Waals surface area contributed by atoms with E-state index in [0.717, 1.165) is 11.8 Å². The van der Waals surface area contributed by atoms with Crippen LogP contribution < -0.4 is 5.32 Å². The maximum absolute atomic E-state index is 9.25. The van der Waals surface area contributed by atoms with Gasteiger partial charge in [-0.3, -0.25) is 0 Å². The van der Waals surface area contributed by atoms with Crippen molar-refractivity contribution < 1.29 is 10.2 Å². The lowest BCUT2D eigenvalue weighted by Crippen LogP contribution is -2.40. The summed E-state index contributed by atoms with van der Waals surface area (Å²) in [5.41, 5.74) is 0. The Hall–Kier alpha value is -0.120. The second-order valence-corrected chi connectivity index (χ2v) is 5.11. The minimum atomic E-state index is -0.607. The molecule has 15 heavy (non-hydrogen) atoms. The van der Waals surface area contributed by atoms with Crippen LogP contribution in [0, 0.1) is 11.8 Å². The summed E-state index contributed by atoms with van der Waals surface area (Å²) in [6, 6.07) is 0.535. The van der Waals surface area contributed by atoms with Crippen molar-refractivity contribution in [2.45, 2.75) is 51.7 Å². The third kappa shape index (κ3) is 4.49. The van der Waals surface area contributed by atoms with Crippen LogP contribution in [0.4, 0.5) is 0 Å². The Balaban J connectivity index is 2.24. The van der Waals surface area contributed by atoms with E-state index in [2.05, 4.69) is 19.2 Å². The molecule has 90 valence electrons. The summed E-state index contributed by atoms with van der Waals surface area (Å²) < 4.78 is 0. The molecule has 0 spiro atoms. The van der Waals surface area contributed by atoms with Crippen molar-refractivity contribution in [2.75, 3.05) is 13.2 Å². The minimum absolute atomic E-state index is 0.146. The zero-order chi connectivity index (χ0) is 11.3. The van der Waals surface area contributed by atoms with Crippen molar-refractivity contribution >= 4 is 0 Å². The summed E-state index contributed by atoms with van der Waals surface area (Å²) in [7, 11) is 0. The molecule has 3 N–H and O–H groups in total. The van der Waals surface area contributed by atoms with Crippen LogP contribution in [-0.2, 0) is 0 Å². The van der Waals surface area contributed by atoms with Crippen LogP contribution in [0.5, 0.6) is 0 Å². The molecule has 1 fully saturated rings. The van der Waals surface area contributed by atoms with E-state index < -0.39 is 6.10 Å². The molecule has 1 aliphatic rings. The van der Waals surface area contributed by atoms with Gasteiger partial charge in [0.05, 0.1) is 12.7 Å². The molecule has 0 aliphatic heterocycles. The summed E-state index contributed by atoms with van der Waals surface area (Å²) in [6.07, 6.45) is 4.45. The van der Waals surface area contributed by atoms with Gasteiger partial charge in [-0.05, 0) is 24.7 Å². The van der Waals surface area contributed by atoms with E-state index in [4.69, 9.17) is 5.11 Å². The number of hydrogen-bond donors (Lipinski definition) is 3. The molecule has 1 aliphatic carbocycles. The average molecular weight is 215 g/mol. The van der Waals surface area contributed by atoms with Gasteiger partial charge in [0.15, 0.2) is 0 Å². The fourth-order valence-electron chi connectivity index (χ4n) is 2.39. The number of aliphatic hydroxyl groups is 2. The summed E-state index contributed by atoms with van der Waals surface area (Å²) in [5, 5.41) is 21.3. The van der Waals surface area contributed by atoms with Crippen LogP contribution >= 0.6 is 0 Å². The predicted octanol–water partition coefficient (Wildman–Crippen LogP) is 1.14. The van der Waals surface area contributed by atoms with Crippen LogP contribution in [0.15, 0.2) is 0 Å². The lowest BCUT2D eigenvalue weighted by atomic mass is 9.79. The van der Waals surface area contributed by atoms with Gasteiger partial charge in [-0.1, -0.05) is 26.7 Å². The van der Waals surface area contributed by atoms with E-state index in [1.165, 1.54) is 25.7 Å². The zero-order valence-corrected chi connectivity index (χ0v) is 9.95. The molecule has 3 nitrogen and oxygen atoms in total. The van der Waals surface area contributed by atoms with Crippen LogP contribution in [-0.4, -0.2) is 35.5 Å². The molecule has 0 aromatic rings. The lowest BCUT2D eigenvalue weighted by Gasteiger charge is -2.32. The van der Waals surface area contributed by atoms with E-state index >= 15 is 0 Å². The summed E-state index contributed by atoms with van der Waals surface area (Å²) in [6.45, 7) is 4.95. The third-order valence-electron chi connectivity index (χ3n) is 3.51. The van der Waals surface area contributed by atoms with Gasteiger partial charge in [0.25, 0.3) is 0 Å². The molecule has 0 aromatic heterocycles. The predicted molar refractivity (Wildman–Crippen MR) is 61.7 cm³/mol. The van der Waals surface area contributed by atoms with E-state index in [-0.39, 0.29) is 6.61 Å². The molecular formula is C12H25NO2. The Morgan fingerprint density at radius 1 is 1.33 bits per heavy atom. The van der Waals surface area contributed by atoms with Gasteiger partial charge in [0.2, 0.25) is 0 Å². The molecular weight excluding hydrogens is 190 g/mol. The van der Waals surface area contributed by atoms with Crippen LogP contribution in [0.2, 0.25) is 0 Å². The quantitative estimate of drug-likeness (QED) is 0.645. The number of nitrogens with one attached hydrogen (secondary N) is 1. The standard InChI is InChI=1S/C12H25NO2/c1-9(2)10-4-3-5-11(6-10)13-7-12(15)8-14/h9-15H,3-8H2,1-2H3. The molecule has 1 saturated carbocycles. The molecule has 0 heterocycles. The fraction of sp³-hybridized carbons (Fsp3) is 1.00. The number of hydrogen-bond acceptors (Lipinski definition) is 3. The van der Waals surface area contributed by atoms with Gasteiger partial charge < -0.3 is 15.5 Å². The molecule has 3 atom stereocenters. The van der Waals surface area contributed by atoms with Gasteiger partial charge in [0.1, 0.15) is 0 Å². The van der Waals surface area contributed by atoms with Gasteiger partial charge in [-0.2, -0.15) is 0 Å². The highest BCUT2D eigenvalue weighted by molar-refractivity contribution is 4.80. The number of aliphatic hydroxyl groups excluding tert-OH is 2. The second kappa shape index (κ2) is 6.46. The zero-order valence-electron chi connectivity index (χ0n) is 9.95. The van der Waals surface area contributed by atoms with Crippen molar-refractivity contribution in [1.29, 1.82) is 0 Å². The molecule has 0 radical (unpaired) electrons. The Morgan fingerprint density at radius 2 is 2.07 bits per heavy atom. The monoisotopic (exact) mass is 215 g/mol. The Labute approximate surface area is 92.9 Å². The van der Waals surface area contributed by atoms with Crippen molar-refractivity contribution in [2.24, 2.45) is 11.8 Å². The Bertz CT molecular complexity index is 173. The van der Waals surface area contributed by atoms with Crippen LogP contribution in [0.1, 0.15) is 39.5 Å². The summed E-state index contributed by atoms with van der Waals surface area (Å²) >= 11 is 0. The molecule has 3 unspecified atom stereocenters. The molecule has 3 heteroatoms. The van der Waals surface area contributed by atoms with Crippen molar-refractivity contribution in [3.05, 3.63) is 0 Å². The van der Waals surface area contributed by atoms with Gasteiger partial charge in [0, 0.05) is 12.6 Å². The normalized spacial score (nSPS) is 29.4. The Kier molecular flexibility index (Phi) is 5.58. The maximum atomic E-state index is 9.25. The van der Waals surface area contributed by atoms with E-state index in [9.17, 15) is 5.11 Å². The van der Waals surface area contributed by atoms with Gasteiger partial charge >= 0.3 is 0 Å². The highest BCUT2D eigenvalue weighted by atomic mass is 16.3. The van der Waals surface area contributed by atoms with Crippen LogP contribution in [0.3, 0.4) is 0 Å². The first-order valence-electron chi connectivity index (χ1n) is 6.15. The fourth-order valence-corrected chi connectivity index (χ4v) is 2.39. The van der Waals surface area contributed by atoms with E-state index in [1.54, 1.807) is 0 Å². The first-order chi connectivity index (χ1) is 7.13. The highest BCUT2D eigenvalue weighted by Gasteiger charge is 2.23. The van der Waals surface area contributed by atoms with Crippen molar-refractivity contribution in [3.8, 4) is 0 Å². The Morgan fingerprint density at radius 3 is 2.67 bits per heavy atom.